The summed E-state index contributed by atoms with van der Waals surface area (Å²) in [5, 5.41) is 25.0. The highest BCUT2D eigenvalue weighted by atomic mass is 14.3. The Kier molecular flexibility index (Phi) is 6.23. The van der Waals surface area contributed by atoms with E-state index in [0.717, 1.165) is 0 Å². The van der Waals surface area contributed by atoms with Crippen molar-refractivity contribution in [3.05, 3.63) is 11.6 Å². The van der Waals surface area contributed by atoms with Gasteiger partial charge in [0, 0.05) is 18.4 Å². The third kappa shape index (κ3) is 5.03. The molecule has 0 saturated carbocycles. The lowest BCUT2D eigenvalue weighted by Crippen LogP contribution is -1.79. The summed E-state index contributed by atoms with van der Waals surface area (Å²) in [6.07, 6.45) is 3.62. The fraction of sp³-hybridized carbons (Fsp3) is 0.444. The fourth-order valence-corrected chi connectivity index (χ4v) is 0.705. The van der Waals surface area contributed by atoms with Gasteiger partial charge in [0.2, 0.25) is 0 Å². The van der Waals surface area contributed by atoms with Gasteiger partial charge >= 0.3 is 0 Å². The molecule has 12 heavy (non-hydrogen) atoms. The highest BCUT2D eigenvalue weighted by Crippen LogP contribution is 2.05. The van der Waals surface area contributed by atoms with Crippen LogP contribution < -0.4 is 0 Å². The van der Waals surface area contributed by atoms with Gasteiger partial charge in [-0.25, -0.2) is 0 Å². The van der Waals surface area contributed by atoms with Gasteiger partial charge < -0.3 is 0 Å². The minimum atomic E-state index is 0.367. The van der Waals surface area contributed by atoms with E-state index in [-0.39, 0.29) is 0 Å². The number of nitrogens with zero attached hydrogens (tertiary/aromatic N) is 3. The van der Waals surface area contributed by atoms with Crippen LogP contribution in [0.3, 0.4) is 0 Å². The Hall–Kier alpha value is -1.79. The van der Waals surface area contributed by atoms with Crippen molar-refractivity contribution in [1.82, 2.24) is 0 Å². The standard InChI is InChI=1S/C9H9N3/c10-6-2-1-4-9(8-12)5-3-7-11/h4H,1-3,5H2/b9-4-. The molecule has 3 heteroatoms. The maximum atomic E-state index is 8.54. The van der Waals surface area contributed by atoms with Crippen LogP contribution in [0.2, 0.25) is 0 Å². The predicted octanol–water partition coefficient (Wildman–Crippen LogP) is 2.04. The first-order chi connectivity index (χ1) is 5.85. The van der Waals surface area contributed by atoms with E-state index in [0.29, 0.717) is 31.3 Å². The average molecular weight is 159 g/mol. The van der Waals surface area contributed by atoms with Crippen LogP contribution in [0, 0.1) is 34.0 Å². The third-order valence-corrected chi connectivity index (χ3v) is 1.30. The molecule has 0 saturated heterocycles. The molecule has 0 aliphatic carbocycles. The smallest absolute Gasteiger partial charge is 0.0944 e. The molecule has 0 aliphatic rings. The summed E-state index contributed by atoms with van der Waals surface area (Å²) >= 11 is 0. The van der Waals surface area contributed by atoms with Gasteiger partial charge in [0.25, 0.3) is 0 Å². The number of nitriles is 3. The zero-order chi connectivity index (χ0) is 9.23. The van der Waals surface area contributed by atoms with E-state index < -0.39 is 0 Å². The quantitative estimate of drug-likeness (QED) is 0.465. The Labute approximate surface area is 72.1 Å². The highest BCUT2D eigenvalue weighted by Gasteiger charge is 1.93. The second-order valence-electron chi connectivity index (χ2n) is 2.20. The Morgan fingerprint density at radius 1 is 1.08 bits per heavy atom. The second kappa shape index (κ2) is 7.32. The Bertz CT molecular complexity index is 270. The van der Waals surface area contributed by atoms with Gasteiger partial charge in [-0.05, 0) is 12.8 Å². The summed E-state index contributed by atoms with van der Waals surface area (Å²) in [5.41, 5.74) is 0.604. The van der Waals surface area contributed by atoms with Gasteiger partial charge in [-0.15, -0.1) is 0 Å². The predicted molar refractivity (Wildman–Crippen MR) is 43.4 cm³/mol. The minimum Gasteiger partial charge on any atom is -0.198 e. The molecule has 0 aromatic carbocycles. The van der Waals surface area contributed by atoms with E-state index in [2.05, 4.69) is 0 Å². The van der Waals surface area contributed by atoms with Crippen molar-refractivity contribution in [2.75, 3.05) is 0 Å². The van der Waals surface area contributed by atoms with E-state index in [9.17, 15) is 0 Å². The van der Waals surface area contributed by atoms with Crippen molar-refractivity contribution in [2.45, 2.75) is 25.7 Å². The van der Waals surface area contributed by atoms with Crippen LogP contribution in [0.4, 0.5) is 0 Å². The van der Waals surface area contributed by atoms with Crippen molar-refractivity contribution in [3.8, 4) is 18.2 Å². The van der Waals surface area contributed by atoms with Crippen LogP contribution in [0.15, 0.2) is 11.6 Å². The lowest BCUT2D eigenvalue weighted by molar-refractivity contribution is 0.981. The molecule has 0 aromatic rings. The van der Waals surface area contributed by atoms with E-state index in [1.54, 1.807) is 6.08 Å². The first kappa shape index (κ1) is 10.2. The number of unbranched alkanes of at least 4 members (excludes halogenated alkanes) is 1. The topological polar surface area (TPSA) is 71.4 Å². The van der Waals surface area contributed by atoms with E-state index in [1.807, 2.05) is 18.2 Å². The molecule has 0 bridgehead atoms. The van der Waals surface area contributed by atoms with Crippen molar-refractivity contribution in [2.24, 2.45) is 0 Å². The summed E-state index contributed by atoms with van der Waals surface area (Å²) in [6, 6.07) is 5.95. The van der Waals surface area contributed by atoms with Crippen molar-refractivity contribution in [1.29, 1.82) is 15.8 Å². The molecular formula is C9H9N3. The fourth-order valence-electron chi connectivity index (χ4n) is 0.705. The molecule has 0 unspecified atom stereocenters. The molecular weight excluding hydrogens is 150 g/mol. The van der Waals surface area contributed by atoms with Crippen molar-refractivity contribution < 1.29 is 0 Å². The molecule has 3 nitrogen and oxygen atoms in total. The maximum Gasteiger partial charge on any atom is 0.0944 e. The van der Waals surface area contributed by atoms with E-state index in [4.69, 9.17) is 15.8 Å². The Balaban J connectivity index is 3.84. The van der Waals surface area contributed by atoms with Crippen LogP contribution in [-0.4, -0.2) is 0 Å². The molecule has 0 atom stereocenters. The van der Waals surface area contributed by atoms with Crippen molar-refractivity contribution in [3.63, 3.8) is 0 Å². The molecule has 0 radical (unpaired) electrons. The van der Waals surface area contributed by atoms with Crippen molar-refractivity contribution >= 4 is 0 Å². The highest BCUT2D eigenvalue weighted by molar-refractivity contribution is 5.21. The van der Waals surface area contributed by atoms with Gasteiger partial charge in [0.05, 0.1) is 18.2 Å². The third-order valence-electron chi connectivity index (χ3n) is 1.30. The molecule has 0 spiro atoms. The zero-order valence-electron chi connectivity index (χ0n) is 6.75. The first-order valence-electron chi connectivity index (χ1n) is 3.68. The Morgan fingerprint density at radius 2 is 1.75 bits per heavy atom. The first-order valence-corrected chi connectivity index (χ1v) is 3.68. The summed E-state index contributed by atoms with van der Waals surface area (Å²) in [6.45, 7) is 0. The van der Waals surface area contributed by atoms with Crippen LogP contribution >= 0.6 is 0 Å². The number of rotatable bonds is 4. The molecule has 0 rings (SSSR count). The summed E-state index contributed by atoms with van der Waals surface area (Å²) in [4.78, 5) is 0. The molecule has 0 amide bonds. The lowest BCUT2D eigenvalue weighted by Gasteiger charge is -1.90. The van der Waals surface area contributed by atoms with Gasteiger partial charge in [0.1, 0.15) is 0 Å². The zero-order valence-corrected chi connectivity index (χ0v) is 6.75. The maximum absolute atomic E-state index is 8.54. The average Bonchev–Trinajstić information content (AvgIpc) is 2.11. The van der Waals surface area contributed by atoms with Gasteiger partial charge in [-0.3, -0.25) is 0 Å². The lowest BCUT2D eigenvalue weighted by atomic mass is 10.1. The monoisotopic (exact) mass is 159 g/mol. The SMILES string of the molecule is N#CCC/C=C(\C#N)CCC#N. The van der Waals surface area contributed by atoms with E-state index >= 15 is 0 Å². The van der Waals surface area contributed by atoms with Gasteiger partial charge in [-0.1, -0.05) is 6.08 Å². The normalized spacial score (nSPS) is 9.58. The molecule has 0 heterocycles. The molecule has 0 fully saturated rings. The largest absolute Gasteiger partial charge is 0.198 e. The summed E-state index contributed by atoms with van der Waals surface area (Å²) in [7, 11) is 0. The number of hydrogen-bond donors (Lipinski definition) is 0. The van der Waals surface area contributed by atoms with Gasteiger partial charge in [-0.2, -0.15) is 15.8 Å². The van der Waals surface area contributed by atoms with Crippen LogP contribution in [0.25, 0.3) is 0 Å². The number of hydrogen-bond acceptors (Lipinski definition) is 3. The summed E-state index contributed by atoms with van der Waals surface area (Å²) in [5.74, 6) is 0. The second-order valence-corrected chi connectivity index (χ2v) is 2.20. The van der Waals surface area contributed by atoms with Crippen LogP contribution in [0.5, 0.6) is 0 Å². The summed E-state index contributed by atoms with van der Waals surface area (Å²) < 4.78 is 0. The molecule has 0 aromatic heterocycles. The van der Waals surface area contributed by atoms with Crippen LogP contribution in [0.1, 0.15) is 25.7 Å². The molecule has 0 aliphatic heterocycles. The number of allylic oxidation sites excluding steroid dienone is 2. The van der Waals surface area contributed by atoms with Crippen LogP contribution in [-0.2, 0) is 0 Å². The van der Waals surface area contributed by atoms with E-state index in [1.165, 1.54) is 0 Å². The van der Waals surface area contributed by atoms with Gasteiger partial charge in [0.15, 0.2) is 0 Å². The molecule has 60 valence electrons. The Morgan fingerprint density at radius 3 is 2.25 bits per heavy atom. The minimum absolute atomic E-state index is 0.367. The molecule has 0 N–H and O–H groups in total.